The first kappa shape index (κ1) is 45.7. The molecule has 0 aliphatic heterocycles. The van der Waals surface area contributed by atoms with Crippen molar-refractivity contribution in [3.63, 3.8) is 0 Å². The van der Waals surface area contributed by atoms with Crippen molar-refractivity contribution in [3.8, 4) is 0 Å². The molecule has 0 bridgehead atoms. The summed E-state index contributed by atoms with van der Waals surface area (Å²) in [6.45, 7) is 4.31. The predicted octanol–water partition coefficient (Wildman–Crippen LogP) is 8.15. The van der Waals surface area contributed by atoms with Crippen molar-refractivity contribution in [1.82, 2.24) is 5.32 Å². The maximum atomic E-state index is 12.8. The molecule has 0 rings (SSSR count). The second kappa shape index (κ2) is 29.6. The highest BCUT2D eigenvalue weighted by atomic mass is 31.2. The van der Waals surface area contributed by atoms with E-state index in [0.717, 1.165) is 51.4 Å². The average Bonchev–Trinajstić information content (AvgIpc) is 3.01. The molecule has 0 fully saturated rings. The molecule has 4 N–H and O–H groups in total. The number of amides is 1. The molecule has 4 unspecified atom stereocenters. The van der Waals surface area contributed by atoms with Gasteiger partial charge < -0.3 is 24.9 Å². The van der Waals surface area contributed by atoms with Crippen LogP contribution in [0.2, 0.25) is 0 Å². The third-order valence-electron chi connectivity index (χ3n) is 8.03. The van der Waals surface area contributed by atoms with Gasteiger partial charge in [0, 0.05) is 6.42 Å². The van der Waals surface area contributed by atoms with Crippen molar-refractivity contribution in [2.24, 2.45) is 0 Å². The van der Waals surface area contributed by atoms with E-state index in [1.165, 1.54) is 51.4 Å². The van der Waals surface area contributed by atoms with Crippen LogP contribution in [0, 0.1) is 0 Å². The van der Waals surface area contributed by atoms with Gasteiger partial charge in [-0.3, -0.25) is 13.8 Å². The zero-order valence-corrected chi connectivity index (χ0v) is 31.5. The van der Waals surface area contributed by atoms with E-state index in [1.807, 2.05) is 28.1 Å². The molecular formula is C37H72N2O7P+. The molecule has 0 heterocycles. The molecule has 0 spiro atoms. The molecule has 0 aromatic rings. The minimum atomic E-state index is -4.41. The van der Waals surface area contributed by atoms with Crippen LogP contribution in [0.1, 0.15) is 136 Å². The Bertz CT molecular complexity index is 888. The quantitative estimate of drug-likeness (QED) is 0.0243. The molecule has 0 saturated heterocycles. The third kappa shape index (κ3) is 30.5. The van der Waals surface area contributed by atoms with E-state index in [2.05, 4.69) is 48.7 Å². The zero-order chi connectivity index (χ0) is 35.2. The molecule has 9 nitrogen and oxygen atoms in total. The fraction of sp³-hybridized carbons (Fsp3) is 0.811. The number of rotatable bonds is 32. The molecule has 0 aliphatic rings. The van der Waals surface area contributed by atoms with Crippen LogP contribution in [0.4, 0.5) is 0 Å². The Morgan fingerprint density at radius 2 is 1.28 bits per heavy atom. The van der Waals surface area contributed by atoms with E-state index in [-0.39, 0.29) is 18.9 Å². The van der Waals surface area contributed by atoms with Gasteiger partial charge in [0.05, 0.1) is 39.9 Å². The number of unbranched alkanes of at least 4 members (excludes halogenated alkanes) is 13. The minimum absolute atomic E-state index is 0.0126. The van der Waals surface area contributed by atoms with Gasteiger partial charge in [-0.2, -0.15) is 0 Å². The van der Waals surface area contributed by atoms with Gasteiger partial charge in [-0.05, 0) is 58.3 Å². The Hall–Kier alpha value is -1.32. The van der Waals surface area contributed by atoms with Crippen LogP contribution in [-0.2, 0) is 18.4 Å². The second-order valence-electron chi connectivity index (χ2n) is 13.7. The Kier molecular flexibility index (Phi) is 28.8. The van der Waals surface area contributed by atoms with Crippen LogP contribution < -0.4 is 5.32 Å². The Morgan fingerprint density at radius 1 is 0.766 bits per heavy atom. The van der Waals surface area contributed by atoms with Gasteiger partial charge >= 0.3 is 7.82 Å². The van der Waals surface area contributed by atoms with Crippen molar-refractivity contribution in [2.75, 3.05) is 40.9 Å². The summed E-state index contributed by atoms with van der Waals surface area (Å²) in [4.78, 5) is 23.0. The number of likely N-dealkylation sites (N-methyl/N-ethyl adjacent to an activating group) is 1. The minimum Gasteiger partial charge on any atom is -0.390 e. The number of quaternary nitrogens is 1. The number of carbonyl (C=O) groups is 1. The van der Waals surface area contributed by atoms with Crippen molar-refractivity contribution in [2.45, 2.75) is 154 Å². The topological polar surface area (TPSA) is 125 Å². The van der Waals surface area contributed by atoms with Crippen molar-refractivity contribution in [3.05, 3.63) is 36.5 Å². The first-order valence-corrected chi connectivity index (χ1v) is 19.9. The number of phosphoric ester groups is 1. The number of allylic oxidation sites excluding steroid dienone is 6. The monoisotopic (exact) mass is 688 g/mol. The van der Waals surface area contributed by atoms with E-state index < -0.39 is 32.7 Å². The SMILES string of the molecule is C/C=C/CC/C=C/CC/C=C/CCCC(O)C(O)C(COP(=O)(O)OCC[N+](C)(C)C)NC(=O)CCCCCCCCCCCCC. The molecule has 0 radical (unpaired) electrons. The summed E-state index contributed by atoms with van der Waals surface area (Å²) in [6, 6.07) is -1.05. The summed E-state index contributed by atoms with van der Waals surface area (Å²) in [5, 5.41) is 24.4. The van der Waals surface area contributed by atoms with E-state index in [0.29, 0.717) is 23.9 Å². The number of aliphatic hydroxyl groups is 2. The maximum absolute atomic E-state index is 12.8. The Labute approximate surface area is 288 Å². The maximum Gasteiger partial charge on any atom is 0.472 e. The van der Waals surface area contributed by atoms with E-state index >= 15 is 0 Å². The molecule has 0 aromatic heterocycles. The van der Waals surface area contributed by atoms with Crippen molar-refractivity contribution < 1.29 is 38.0 Å². The number of nitrogens with one attached hydrogen (secondary N) is 1. The van der Waals surface area contributed by atoms with Crippen LogP contribution in [0.3, 0.4) is 0 Å². The molecule has 47 heavy (non-hydrogen) atoms. The molecule has 276 valence electrons. The highest BCUT2D eigenvalue weighted by Crippen LogP contribution is 2.43. The van der Waals surface area contributed by atoms with Gasteiger partial charge in [0.15, 0.2) is 0 Å². The summed E-state index contributed by atoms with van der Waals surface area (Å²) in [6.07, 6.45) is 29.4. The van der Waals surface area contributed by atoms with Crippen LogP contribution in [0.5, 0.6) is 0 Å². The molecular weight excluding hydrogens is 615 g/mol. The van der Waals surface area contributed by atoms with E-state index in [9.17, 15) is 24.5 Å². The van der Waals surface area contributed by atoms with Gasteiger partial charge in [-0.15, -0.1) is 0 Å². The average molecular weight is 688 g/mol. The summed E-state index contributed by atoms with van der Waals surface area (Å²) in [5.41, 5.74) is 0. The molecule has 0 saturated carbocycles. The number of carbonyl (C=O) groups excluding carboxylic acids is 1. The van der Waals surface area contributed by atoms with Crippen LogP contribution in [-0.4, -0.2) is 84.6 Å². The summed E-state index contributed by atoms with van der Waals surface area (Å²) in [5.74, 6) is -0.279. The standard InChI is InChI=1S/C37H71N2O7P/c1-6-8-10-12-14-16-18-20-21-23-25-27-29-35(40)37(42)34(33-46-47(43,44)45-32-31-39(3,4)5)38-36(41)30-28-26-24-22-19-17-15-13-11-9-7-2/h6,8,14,16,21,23,34-35,37,40,42H,7,9-13,15,17-20,22,24-33H2,1-5H3,(H-,38,41,43,44)/p+1/b8-6+,16-14+,23-21+. The Balaban J connectivity index is 4.73. The largest absolute Gasteiger partial charge is 0.472 e. The van der Waals surface area contributed by atoms with Gasteiger partial charge in [0.2, 0.25) is 5.91 Å². The second-order valence-corrected chi connectivity index (χ2v) is 15.2. The lowest BCUT2D eigenvalue weighted by Crippen LogP contribution is -2.51. The van der Waals surface area contributed by atoms with Gasteiger partial charge in [-0.25, -0.2) is 4.57 Å². The molecule has 4 atom stereocenters. The molecule has 0 aromatic carbocycles. The molecule has 1 amide bonds. The predicted molar refractivity (Wildman–Crippen MR) is 195 cm³/mol. The lowest BCUT2D eigenvalue weighted by molar-refractivity contribution is -0.870. The van der Waals surface area contributed by atoms with Crippen LogP contribution in [0.25, 0.3) is 0 Å². The van der Waals surface area contributed by atoms with Crippen molar-refractivity contribution >= 4 is 13.7 Å². The molecule has 10 heteroatoms. The van der Waals surface area contributed by atoms with Gasteiger partial charge in [0.25, 0.3) is 0 Å². The fourth-order valence-electron chi connectivity index (χ4n) is 5.00. The zero-order valence-electron chi connectivity index (χ0n) is 30.6. The number of hydrogen-bond donors (Lipinski definition) is 4. The lowest BCUT2D eigenvalue weighted by atomic mass is 10.0. The number of aliphatic hydroxyl groups excluding tert-OH is 2. The van der Waals surface area contributed by atoms with E-state index in [4.69, 9.17) is 9.05 Å². The number of phosphoric acid groups is 1. The Morgan fingerprint density at radius 3 is 1.81 bits per heavy atom. The smallest absolute Gasteiger partial charge is 0.390 e. The fourth-order valence-corrected chi connectivity index (χ4v) is 5.74. The van der Waals surface area contributed by atoms with Gasteiger partial charge in [-0.1, -0.05) is 108 Å². The number of nitrogens with zero attached hydrogens (tertiary/aromatic N) is 1. The van der Waals surface area contributed by atoms with Gasteiger partial charge in [0.1, 0.15) is 19.3 Å². The summed E-state index contributed by atoms with van der Waals surface area (Å²) < 4.78 is 23.3. The molecule has 0 aliphatic carbocycles. The third-order valence-corrected chi connectivity index (χ3v) is 9.02. The van der Waals surface area contributed by atoms with Crippen molar-refractivity contribution in [1.29, 1.82) is 0 Å². The highest BCUT2D eigenvalue weighted by molar-refractivity contribution is 7.47. The lowest BCUT2D eigenvalue weighted by Gasteiger charge is -2.28. The first-order valence-electron chi connectivity index (χ1n) is 18.4. The normalized spacial score (nSPS) is 15.8. The van der Waals surface area contributed by atoms with Crippen LogP contribution in [0.15, 0.2) is 36.5 Å². The van der Waals surface area contributed by atoms with Crippen LogP contribution >= 0.6 is 7.82 Å². The summed E-state index contributed by atoms with van der Waals surface area (Å²) in [7, 11) is 1.40. The highest BCUT2D eigenvalue weighted by Gasteiger charge is 2.31. The van der Waals surface area contributed by atoms with E-state index in [1.54, 1.807) is 0 Å². The number of hydrogen-bond acceptors (Lipinski definition) is 6. The first-order chi connectivity index (χ1) is 22.4. The summed E-state index contributed by atoms with van der Waals surface area (Å²) >= 11 is 0.